The van der Waals surface area contributed by atoms with Crippen molar-refractivity contribution >= 4 is 5.97 Å². The van der Waals surface area contributed by atoms with Gasteiger partial charge in [0.05, 0.1) is 6.10 Å². The van der Waals surface area contributed by atoms with E-state index < -0.39 is 0 Å². The predicted molar refractivity (Wildman–Crippen MR) is 85.2 cm³/mol. The lowest BCUT2D eigenvalue weighted by Gasteiger charge is -2.35. The van der Waals surface area contributed by atoms with Crippen LogP contribution in [0.5, 0.6) is 0 Å². The average Bonchev–Trinajstić information content (AvgIpc) is 2.32. The maximum Gasteiger partial charge on any atom is 0.306 e. The minimum Gasteiger partial charge on any atom is -0.460 e. The van der Waals surface area contributed by atoms with Crippen molar-refractivity contribution in [1.29, 1.82) is 0 Å². The molecule has 1 aliphatic rings. The molecule has 0 atom stereocenters. The summed E-state index contributed by atoms with van der Waals surface area (Å²) >= 11 is 0. The van der Waals surface area contributed by atoms with Crippen LogP contribution in [-0.2, 0) is 9.53 Å². The minimum absolute atomic E-state index is 0.0702. The number of carbonyl (C=O) groups excluding carboxylic acids is 1. The molecule has 0 radical (unpaired) electrons. The van der Waals surface area contributed by atoms with E-state index in [1.54, 1.807) is 0 Å². The van der Waals surface area contributed by atoms with Crippen LogP contribution in [0.2, 0.25) is 0 Å². The van der Waals surface area contributed by atoms with Crippen molar-refractivity contribution in [2.45, 2.75) is 83.8 Å². The van der Waals surface area contributed by atoms with E-state index in [-0.39, 0.29) is 17.7 Å². The van der Waals surface area contributed by atoms with Gasteiger partial charge in [-0.1, -0.05) is 32.1 Å². The fraction of sp³-hybridized carbons (Fsp3) is 0.941. The lowest BCUT2D eigenvalue weighted by Crippen LogP contribution is -2.50. The standard InChI is InChI=1S/C17H33NO3/c1-17(2,3)21-16(20)11-9-7-5-4-6-8-10-12-18-13-15(19)14-18/h15,19H,4-14H2,1-3H3. The molecule has 1 heterocycles. The first-order valence-electron chi connectivity index (χ1n) is 8.49. The van der Waals surface area contributed by atoms with Crippen LogP contribution in [-0.4, -0.2) is 47.3 Å². The minimum atomic E-state index is -0.358. The van der Waals surface area contributed by atoms with E-state index in [2.05, 4.69) is 4.90 Å². The molecule has 1 N–H and O–H groups in total. The lowest BCUT2D eigenvalue weighted by molar-refractivity contribution is -0.154. The molecule has 0 aromatic carbocycles. The molecule has 1 fully saturated rings. The predicted octanol–water partition coefficient (Wildman–Crippen LogP) is 3.13. The van der Waals surface area contributed by atoms with Crippen LogP contribution < -0.4 is 0 Å². The summed E-state index contributed by atoms with van der Waals surface area (Å²) in [6.07, 6.45) is 8.82. The van der Waals surface area contributed by atoms with Gasteiger partial charge in [0.2, 0.25) is 0 Å². The normalized spacial score (nSPS) is 16.8. The molecule has 0 aliphatic carbocycles. The Hall–Kier alpha value is -0.610. The van der Waals surface area contributed by atoms with Gasteiger partial charge in [0, 0.05) is 19.5 Å². The van der Waals surface area contributed by atoms with Gasteiger partial charge < -0.3 is 9.84 Å². The fourth-order valence-electron chi connectivity index (χ4n) is 2.61. The second-order valence-corrected chi connectivity index (χ2v) is 7.22. The highest BCUT2D eigenvalue weighted by molar-refractivity contribution is 5.69. The van der Waals surface area contributed by atoms with Gasteiger partial charge in [-0.25, -0.2) is 0 Å². The Kier molecular flexibility index (Phi) is 8.27. The second kappa shape index (κ2) is 9.42. The molecule has 1 aliphatic heterocycles. The molecular weight excluding hydrogens is 266 g/mol. The van der Waals surface area contributed by atoms with Gasteiger partial charge in [0.1, 0.15) is 5.60 Å². The Morgan fingerprint density at radius 3 is 2.10 bits per heavy atom. The van der Waals surface area contributed by atoms with E-state index in [0.29, 0.717) is 6.42 Å². The van der Waals surface area contributed by atoms with Crippen LogP contribution in [0.4, 0.5) is 0 Å². The van der Waals surface area contributed by atoms with Crippen molar-refractivity contribution in [3.05, 3.63) is 0 Å². The summed E-state index contributed by atoms with van der Waals surface area (Å²) in [5.74, 6) is -0.0702. The monoisotopic (exact) mass is 299 g/mol. The first-order chi connectivity index (χ1) is 9.87. The molecule has 0 aromatic rings. The van der Waals surface area contributed by atoms with Gasteiger partial charge in [0.25, 0.3) is 0 Å². The summed E-state index contributed by atoms with van der Waals surface area (Å²) in [6, 6.07) is 0. The second-order valence-electron chi connectivity index (χ2n) is 7.22. The summed E-state index contributed by atoms with van der Waals surface area (Å²) in [6.45, 7) is 8.59. The molecule has 0 unspecified atom stereocenters. The van der Waals surface area contributed by atoms with Gasteiger partial charge in [0.15, 0.2) is 0 Å². The van der Waals surface area contributed by atoms with Crippen molar-refractivity contribution < 1.29 is 14.6 Å². The number of aliphatic hydroxyl groups is 1. The zero-order valence-corrected chi connectivity index (χ0v) is 14.1. The lowest BCUT2D eigenvalue weighted by atomic mass is 10.1. The van der Waals surface area contributed by atoms with Gasteiger partial charge in [-0.2, -0.15) is 0 Å². The van der Waals surface area contributed by atoms with E-state index in [1.807, 2.05) is 20.8 Å². The summed E-state index contributed by atoms with van der Waals surface area (Å²) < 4.78 is 5.28. The van der Waals surface area contributed by atoms with E-state index in [0.717, 1.165) is 32.5 Å². The van der Waals surface area contributed by atoms with Crippen molar-refractivity contribution in [2.24, 2.45) is 0 Å². The molecule has 4 heteroatoms. The number of rotatable bonds is 10. The van der Waals surface area contributed by atoms with Crippen molar-refractivity contribution in [1.82, 2.24) is 4.90 Å². The third-order valence-electron chi connectivity index (χ3n) is 3.71. The quantitative estimate of drug-likeness (QED) is 0.497. The molecule has 1 saturated heterocycles. The largest absolute Gasteiger partial charge is 0.460 e. The van der Waals surface area contributed by atoms with E-state index in [9.17, 15) is 4.79 Å². The number of β-amino-alcohol motifs (C(OH)–C–C–N with tert-alkyl or cyclic N) is 1. The smallest absolute Gasteiger partial charge is 0.306 e. The molecule has 0 aromatic heterocycles. The number of aliphatic hydroxyl groups excluding tert-OH is 1. The van der Waals surface area contributed by atoms with Gasteiger partial charge >= 0.3 is 5.97 Å². The van der Waals surface area contributed by atoms with Crippen LogP contribution in [0.15, 0.2) is 0 Å². The zero-order valence-electron chi connectivity index (χ0n) is 14.1. The molecule has 0 spiro atoms. The third-order valence-corrected chi connectivity index (χ3v) is 3.71. The van der Waals surface area contributed by atoms with E-state index >= 15 is 0 Å². The first-order valence-corrected chi connectivity index (χ1v) is 8.49. The molecule has 1 rings (SSSR count). The number of esters is 1. The molecule has 21 heavy (non-hydrogen) atoms. The maximum absolute atomic E-state index is 11.5. The molecule has 4 nitrogen and oxygen atoms in total. The molecule has 124 valence electrons. The van der Waals surface area contributed by atoms with Crippen molar-refractivity contribution in [3.8, 4) is 0 Å². The number of unbranched alkanes of at least 4 members (excludes halogenated alkanes) is 6. The Morgan fingerprint density at radius 2 is 1.57 bits per heavy atom. The highest BCUT2D eigenvalue weighted by Gasteiger charge is 2.22. The maximum atomic E-state index is 11.5. The molecule has 0 saturated carbocycles. The number of likely N-dealkylation sites (tertiary alicyclic amines) is 1. The van der Waals surface area contributed by atoms with Gasteiger partial charge in [-0.05, 0) is 40.2 Å². The summed E-state index contributed by atoms with van der Waals surface area (Å²) in [4.78, 5) is 13.8. The summed E-state index contributed by atoms with van der Waals surface area (Å²) in [5.41, 5.74) is -0.358. The Balaban J connectivity index is 1.79. The highest BCUT2D eigenvalue weighted by Crippen LogP contribution is 2.13. The summed E-state index contributed by atoms with van der Waals surface area (Å²) in [7, 11) is 0. The first kappa shape index (κ1) is 18.4. The SMILES string of the molecule is CC(C)(C)OC(=O)CCCCCCCCCN1CC(O)C1. The van der Waals surface area contributed by atoms with Crippen LogP contribution in [0, 0.1) is 0 Å². The fourth-order valence-corrected chi connectivity index (χ4v) is 2.61. The molecule has 0 bridgehead atoms. The van der Waals surface area contributed by atoms with Crippen molar-refractivity contribution in [3.63, 3.8) is 0 Å². The van der Waals surface area contributed by atoms with Crippen LogP contribution in [0.1, 0.15) is 72.1 Å². The van der Waals surface area contributed by atoms with Crippen LogP contribution in [0.3, 0.4) is 0 Å². The topological polar surface area (TPSA) is 49.8 Å². The number of nitrogens with zero attached hydrogens (tertiary/aromatic N) is 1. The molecule has 0 amide bonds. The van der Waals surface area contributed by atoms with Gasteiger partial charge in [-0.3, -0.25) is 9.69 Å². The number of carbonyl (C=O) groups is 1. The number of ether oxygens (including phenoxy) is 1. The summed E-state index contributed by atoms with van der Waals surface area (Å²) in [5, 5.41) is 9.17. The highest BCUT2D eigenvalue weighted by atomic mass is 16.6. The Labute approximate surface area is 129 Å². The van der Waals surface area contributed by atoms with Crippen molar-refractivity contribution in [2.75, 3.05) is 19.6 Å². The van der Waals surface area contributed by atoms with Crippen LogP contribution in [0.25, 0.3) is 0 Å². The average molecular weight is 299 g/mol. The number of hydrogen-bond donors (Lipinski definition) is 1. The third kappa shape index (κ3) is 9.86. The Morgan fingerprint density at radius 1 is 1.05 bits per heavy atom. The molecular formula is C17H33NO3. The zero-order chi connectivity index (χ0) is 15.7. The van der Waals surface area contributed by atoms with Crippen LogP contribution >= 0.6 is 0 Å². The van der Waals surface area contributed by atoms with E-state index in [4.69, 9.17) is 9.84 Å². The van der Waals surface area contributed by atoms with E-state index in [1.165, 1.54) is 32.1 Å². The number of hydrogen-bond acceptors (Lipinski definition) is 4. The Bertz CT molecular complexity index is 293. The van der Waals surface area contributed by atoms with Gasteiger partial charge in [-0.15, -0.1) is 0 Å².